The Morgan fingerprint density at radius 2 is 2.00 bits per heavy atom. The van der Waals surface area contributed by atoms with Crippen molar-refractivity contribution in [2.75, 3.05) is 0 Å². The minimum atomic E-state index is -0.297. The molecule has 12 heavy (non-hydrogen) atoms. The highest BCUT2D eigenvalue weighted by Gasteiger charge is 2.11. The lowest BCUT2D eigenvalue weighted by Crippen LogP contribution is -2.05. The standard InChI is InChI=1S/C8H9Cl2NO/c1-4(11)8-6(10)2-5(9)3-7(8)12/h2-4,12H,11H2,1H3/t4-/m0/s1. The van der Waals surface area contributed by atoms with Crippen LogP contribution in [0.2, 0.25) is 10.0 Å². The van der Waals surface area contributed by atoms with Crippen molar-refractivity contribution < 1.29 is 5.11 Å². The molecule has 1 rings (SSSR count). The van der Waals surface area contributed by atoms with Gasteiger partial charge in [0.1, 0.15) is 5.75 Å². The normalized spacial score (nSPS) is 13.0. The zero-order valence-corrected chi connectivity index (χ0v) is 8.02. The number of nitrogens with two attached hydrogens (primary N) is 1. The topological polar surface area (TPSA) is 46.2 Å². The average molecular weight is 206 g/mol. The summed E-state index contributed by atoms with van der Waals surface area (Å²) < 4.78 is 0. The van der Waals surface area contributed by atoms with E-state index < -0.39 is 0 Å². The van der Waals surface area contributed by atoms with E-state index in [0.717, 1.165) is 0 Å². The first-order valence-electron chi connectivity index (χ1n) is 3.46. The van der Waals surface area contributed by atoms with Crippen molar-refractivity contribution >= 4 is 23.2 Å². The van der Waals surface area contributed by atoms with Crippen molar-refractivity contribution in [1.82, 2.24) is 0 Å². The van der Waals surface area contributed by atoms with Crippen LogP contribution in [0.3, 0.4) is 0 Å². The molecule has 66 valence electrons. The van der Waals surface area contributed by atoms with E-state index in [-0.39, 0.29) is 11.8 Å². The number of halogens is 2. The summed E-state index contributed by atoms with van der Waals surface area (Å²) in [6.07, 6.45) is 0. The summed E-state index contributed by atoms with van der Waals surface area (Å²) in [6.45, 7) is 1.74. The van der Waals surface area contributed by atoms with Crippen LogP contribution in [0.15, 0.2) is 12.1 Å². The second-order valence-electron chi connectivity index (χ2n) is 2.61. The Hall–Kier alpha value is -0.440. The van der Waals surface area contributed by atoms with Crippen LogP contribution in [0.25, 0.3) is 0 Å². The van der Waals surface area contributed by atoms with Gasteiger partial charge in [0.15, 0.2) is 0 Å². The SMILES string of the molecule is C[C@H](N)c1c(O)cc(Cl)cc1Cl. The van der Waals surface area contributed by atoms with Gasteiger partial charge < -0.3 is 10.8 Å². The Kier molecular flexibility index (Phi) is 2.83. The van der Waals surface area contributed by atoms with Crippen LogP contribution in [0.1, 0.15) is 18.5 Å². The molecule has 0 heterocycles. The molecule has 1 aromatic carbocycles. The van der Waals surface area contributed by atoms with Gasteiger partial charge in [-0.05, 0) is 19.1 Å². The molecule has 2 nitrogen and oxygen atoms in total. The lowest BCUT2D eigenvalue weighted by molar-refractivity contribution is 0.464. The summed E-state index contributed by atoms with van der Waals surface area (Å²) in [5, 5.41) is 10.2. The van der Waals surface area contributed by atoms with E-state index in [9.17, 15) is 5.11 Å². The molecule has 0 bridgehead atoms. The minimum Gasteiger partial charge on any atom is -0.508 e. The first-order valence-corrected chi connectivity index (χ1v) is 4.21. The van der Waals surface area contributed by atoms with Crippen LogP contribution in [-0.2, 0) is 0 Å². The fourth-order valence-electron chi connectivity index (χ4n) is 1.02. The quantitative estimate of drug-likeness (QED) is 0.741. The van der Waals surface area contributed by atoms with E-state index in [1.54, 1.807) is 13.0 Å². The van der Waals surface area contributed by atoms with Gasteiger partial charge in [0.25, 0.3) is 0 Å². The van der Waals surface area contributed by atoms with Crippen molar-refractivity contribution in [2.45, 2.75) is 13.0 Å². The molecule has 0 saturated carbocycles. The van der Waals surface area contributed by atoms with Crippen LogP contribution < -0.4 is 5.73 Å². The minimum absolute atomic E-state index is 0.0440. The molecule has 0 amide bonds. The van der Waals surface area contributed by atoms with Crippen molar-refractivity contribution in [3.05, 3.63) is 27.7 Å². The summed E-state index contributed by atoms with van der Waals surface area (Å²) in [4.78, 5) is 0. The zero-order valence-electron chi connectivity index (χ0n) is 6.51. The third kappa shape index (κ3) is 1.83. The van der Waals surface area contributed by atoms with E-state index in [0.29, 0.717) is 15.6 Å². The predicted octanol–water partition coefficient (Wildman–Crippen LogP) is 2.72. The molecular weight excluding hydrogens is 197 g/mol. The van der Waals surface area contributed by atoms with E-state index >= 15 is 0 Å². The Balaban J connectivity index is 3.28. The smallest absolute Gasteiger partial charge is 0.123 e. The molecule has 4 heteroatoms. The molecule has 0 unspecified atom stereocenters. The van der Waals surface area contributed by atoms with Crippen molar-refractivity contribution in [3.63, 3.8) is 0 Å². The van der Waals surface area contributed by atoms with Gasteiger partial charge in [-0.3, -0.25) is 0 Å². The maximum absolute atomic E-state index is 9.39. The number of phenolic OH excluding ortho intramolecular Hbond substituents is 1. The Labute approximate surface area is 80.9 Å². The second-order valence-corrected chi connectivity index (χ2v) is 3.45. The molecule has 1 atom stereocenters. The summed E-state index contributed by atoms with van der Waals surface area (Å²) in [5.74, 6) is 0.0440. The molecule has 0 aliphatic carbocycles. The summed E-state index contributed by atoms with van der Waals surface area (Å²) in [7, 11) is 0. The molecule has 0 saturated heterocycles. The average Bonchev–Trinajstić information content (AvgIpc) is 1.82. The monoisotopic (exact) mass is 205 g/mol. The van der Waals surface area contributed by atoms with Gasteiger partial charge in [0, 0.05) is 16.6 Å². The molecule has 3 N–H and O–H groups in total. The van der Waals surface area contributed by atoms with Crippen LogP contribution in [0.4, 0.5) is 0 Å². The predicted molar refractivity (Wildman–Crippen MR) is 50.7 cm³/mol. The molecule has 1 aromatic rings. The summed E-state index contributed by atoms with van der Waals surface area (Å²) in [5.41, 5.74) is 6.11. The Morgan fingerprint density at radius 3 is 2.42 bits per heavy atom. The van der Waals surface area contributed by atoms with Gasteiger partial charge in [-0.25, -0.2) is 0 Å². The zero-order chi connectivity index (χ0) is 9.30. The van der Waals surface area contributed by atoms with Crippen molar-refractivity contribution in [2.24, 2.45) is 5.73 Å². The fraction of sp³-hybridized carbons (Fsp3) is 0.250. The number of phenols is 1. The van der Waals surface area contributed by atoms with Gasteiger partial charge in [-0.1, -0.05) is 23.2 Å². The van der Waals surface area contributed by atoms with Gasteiger partial charge in [-0.15, -0.1) is 0 Å². The molecule has 0 fully saturated rings. The number of hydrogen-bond acceptors (Lipinski definition) is 2. The summed E-state index contributed by atoms with van der Waals surface area (Å²) in [6, 6.07) is 2.68. The number of rotatable bonds is 1. The third-order valence-corrected chi connectivity index (χ3v) is 2.06. The van der Waals surface area contributed by atoms with E-state index in [1.165, 1.54) is 6.07 Å². The first kappa shape index (κ1) is 9.65. The largest absolute Gasteiger partial charge is 0.508 e. The highest BCUT2D eigenvalue weighted by Crippen LogP contribution is 2.33. The van der Waals surface area contributed by atoms with Gasteiger partial charge >= 0.3 is 0 Å². The maximum Gasteiger partial charge on any atom is 0.123 e. The lowest BCUT2D eigenvalue weighted by Gasteiger charge is -2.10. The molecular formula is C8H9Cl2NO. The third-order valence-electron chi connectivity index (χ3n) is 1.53. The molecule has 0 aliphatic heterocycles. The fourth-order valence-corrected chi connectivity index (χ4v) is 1.68. The van der Waals surface area contributed by atoms with Crippen molar-refractivity contribution in [3.8, 4) is 5.75 Å². The van der Waals surface area contributed by atoms with E-state index in [4.69, 9.17) is 28.9 Å². The van der Waals surface area contributed by atoms with E-state index in [1.807, 2.05) is 0 Å². The summed E-state index contributed by atoms with van der Waals surface area (Å²) >= 11 is 11.4. The first-order chi connectivity index (χ1) is 5.52. The highest BCUT2D eigenvalue weighted by molar-refractivity contribution is 6.35. The Morgan fingerprint density at radius 1 is 1.42 bits per heavy atom. The molecule has 0 aromatic heterocycles. The highest BCUT2D eigenvalue weighted by atomic mass is 35.5. The van der Waals surface area contributed by atoms with Gasteiger partial charge in [0.2, 0.25) is 0 Å². The second kappa shape index (κ2) is 3.52. The van der Waals surface area contributed by atoms with Crippen LogP contribution in [-0.4, -0.2) is 5.11 Å². The number of aromatic hydroxyl groups is 1. The van der Waals surface area contributed by atoms with Crippen LogP contribution in [0, 0.1) is 0 Å². The molecule has 0 spiro atoms. The van der Waals surface area contributed by atoms with Crippen LogP contribution in [0.5, 0.6) is 5.75 Å². The van der Waals surface area contributed by atoms with Gasteiger partial charge in [-0.2, -0.15) is 0 Å². The van der Waals surface area contributed by atoms with Crippen LogP contribution >= 0.6 is 23.2 Å². The van der Waals surface area contributed by atoms with Crippen molar-refractivity contribution in [1.29, 1.82) is 0 Å². The lowest BCUT2D eigenvalue weighted by atomic mass is 10.1. The Bertz CT molecular complexity index is 276. The number of hydrogen-bond donors (Lipinski definition) is 2. The molecule has 0 radical (unpaired) electrons. The maximum atomic E-state index is 9.39. The van der Waals surface area contributed by atoms with Gasteiger partial charge in [0.05, 0.1) is 5.02 Å². The van der Waals surface area contributed by atoms with E-state index in [2.05, 4.69) is 0 Å². The molecule has 0 aliphatic rings. The number of benzene rings is 1.